The van der Waals surface area contributed by atoms with Crippen LogP contribution >= 0.6 is 22.9 Å². The molecule has 3 aromatic rings. The molecular formula is C18H15ClN2O2S. The lowest BCUT2D eigenvalue weighted by molar-refractivity contribution is 0.0998. The van der Waals surface area contributed by atoms with Crippen LogP contribution in [0.5, 0.6) is 5.75 Å². The van der Waals surface area contributed by atoms with Crippen molar-refractivity contribution in [2.24, 2.45) is 5.73 Å². The molecule has 0 radical (unpaired) electrons. The summed E-state index contributed by atoms with van der Waals surface area (Å²) >= 11 is 7.51. The summed E-state index contributed by atoms with van der Waals surface area (Å²) in [5.74, 6) is -0.0478. The van der Waals surface area contributed by atoms with E-state index < -0.39 is 5.91 Å². The average molecular weight is 359 g/mol. The smallest absolute Gasteiger partial charge is 0.262 e. The molecule has 1 amide bonds. The van der Waals surface area contributed by atoms with Crippen LogP contribution in [0.1, 0.15) is 28.3 Å². The third-order valence-corrected chi connectivity index (χ3v) is 5.06. The number of pyridine rings is 1. The van der Waals surface area contributed by atoms with Gasteiger partial charge in [-0.25, -0.2) is 0 Å². The number of hydrogen-bond acceptors (Lipinski definition) is 4. The molecule has 24 heavy (non-hydrogen) atoms. The summed E-state index contributed by atoms with van der Waals surface area (Å²) in [6.07, 6.45) is 3.09. The summed E-state index contributed by atoms with van der Waals surface area (Å²) < 4.78 is 5.99. The van der Waals surface area contributed by atoms with Crippen LogP contribution in [0.3, 0.4) is 0 Å². The van der Waals surface area contributed by atoms with Crippen molar-refractivity contribution in [2.75, 3.05) is 0 Å². The number of rotatable bonds is 5. The van der Waals surface area contributed by atoms with Gasteiger partial charge in [-0.1, -0.05) is 29.8 Å². The summed E-state index contributed by atoms with van der Waals surface area (Å²) in [6.45, 7) is 1.88. The van der Waals surface area contributed by atoms with Crippen molar-refractivity contribution in [1.29, 1.82) is 0 Å². The van der Waals surface area contributed by atoms with Crippen LogP contribution in [0.25, 0.3) is 10.4 Å². The zero-order chi connectivity index (χ0) is 17.1. The molecule has 0 saturated heterocycles. The van der Waals surface area contributed by atoms with Crippen molar-refractivity contribution >= 4 is 28.8 Å². The largest absolute Gasteiger partial charge is 0.484 e. The van der Waals surface area contributed by atoms with E-state index in [4.69, 9.17) is 22.1 Å². The van der Waals surface area contributed by atoms with E-state index in [0.29, 0.717) is 15.6 Å². The van der Waals surface area contributed by atoms with Gasteiger partial charge in [0.15, 0.2) is 0 Å². The van der Waals surface area contributed by atoms with Gasteiger partial charge in [-0.05, 0) is 36.8 Å². The lowest BCUT2D eigenvalue weighted by Crippen LogP contribution is -2.12. The quantitative estimate of drug-likeness (QED) is 0.718. The lowest BCUT2D eigenvalue weighted by atomic mass is 10.1. The molecule has 0 aliphatic heterocycles. The van der Waals surface area contributed by atoms with Gasteiger partial charge in [0.05, 0.1) is 0 Å². The number of benzene rings is 1. The van der Waals surface area contributed by atoms with E-state index in [1.54, 1.807) is 12.4 Å². The molecule has 2 heterocycles. The standard InChI is InChI=1S/C18H15ClN2O2S/c1-11(13-4-2-3-5-14(13)19)23-15-10-16(24-17(15)18(20)22)12-6-8-21-9-7-12/h2-11H,1H3,(H2,20,22). The molecule has 6 heteroatoms. The zero-order valence-corrected chi connectivity index (χ0v) is 14.5. The Labute approximate surface area is 148 Å². The summed E-state index contributed by atoms with van der Waals surface area (Å²) in [4.78, 5) is 17.1. The second-order valence-electron chi connectivity index (χ2n) is 5.19. The SMILES string of the molecule is CC(Oc1cc(-c2ccncc2)sc1C(N)=O)c1ccccc1Cl. The maximum Gasteiger partial charge on any atom is 0.262 e. The first-order valence-corrected chi connectivity index (χ1v) is 8.51. The Morgan fingerprint density at radius 2 is 1.96 bits per heavy atom. The molecule has 0 fully saturated rings. The molecule has 1 aromatic carbocycles. The predicted molar refractivity (Wildman–Crippen MR) is 96.6 cm³/mol. The van der Waals surface area contributed by atoms with Crippen LogP contribution in [-0.4, -0.2) is 10.9 Å². The highest BCUT2D eigenvalue weighted by Crippen LogP contribution is 2.38. The number of halogens is 1. The second-order valence-corrected chi connectivity index (χ2v) is 6.65. The first kappa shape index (κ1) is 16.5. The fraction of sp³-hybridized carbons (Fsp3) is 0.111. The highest BCUT2D eigenvalue weighted by atomic mass is 35.5. The molecule has 1 atom stereocenters. The Balaban J connectivity index is 1.94. The van der Waals surface area contributed by atoms with E-state index in [0.717, 1.165) is 16.0 Å². The highest BCUT2D eigenvalue weighted by molar-refractivity contribution is 7.17. The van der Waals surface area contributed by atoms with Crippen molar-refractivity contribution in [3.8, 4) is 16.2 Å². The van der Waals surface area contributed by atoms with Gasteiger partial charge in [0.2, 0.25) is 0 Å². The van der Waals surface area contributed by atoms with E-state index in [-0.39, 0.29) is 6.10 Å². The summed E-state index contributed by atoms with van der Waals surface area (Å²) in [5.41, 5.74) is 7.31. The Bertz CT molecular complexity index is 864. The van der Waals surface area contributed by atoms with Crippen LogP contribution in [0.4, 0.5) is 0 Å². The molecule has 0 spiro atoms. The fourth-order valence-electron chi connectivity index (χ4n) is 2.35. The van der Waals surface area contributed by atoms with Crippen LogP contribution < -0.4 is 10.5 Å². The third kappa shape index (κ3) is 3.42. The van der Waals surface area contributed by atoms with Crippen LogP contribution in [0, 0.1) is 0 Å². The van der Waals surface area contributed by atoms with E-state index in [9.17, 15) is 4.79 Å². The minimum absolute atomic E-state index is 0.309. The van der Waals surface area contributed by atoms with Crippen LogP contribution in [0.2, 0.25) is 5.02 Å². The van der Waals surface area contributed by atoms with Crippen LogP contribution in [0.15, 0.2) is 54.9 Å². The summed E-state index contributed by atoms with van der Waals surface area (Å²) in [5, 5.41) is 0.621. The third-order valence-electron chi connectivity index (χ3n) is 3.53. The molecule has 2 N–H and O–H groups in total. The number of thiophene rings is 1. The molecule has 1 unspecified atom stereocenters. The van der Waals surface area contributed by atoms with Gasteiger partial charge in [0.1, 0.15) is 16.7 Å². The number of nitrogens with zero attached hydrogens (tertiary/aromatic N) is 1. The number of aromatic nitrogens is 1. The van der Waals surface area contributed by atoms with Gasteiger partial charge in [0, 0.05) is 27.9 Å². The van der Waals surface area contributed by atoms with Gasteiger partial charge in [0.25, 0.3) is 5.91 Å². The Kier molecular flexibility index (Phi) is 4.83. The molecule has 4 nitrogen and oxygen atoms in total. The van der Waals surface area contributed by atoms with Gasteiger partial charge in [-0.3, -0.25) is 9.78 Å². The molecule has 0 aliphatic rings. The number of ether oxygens (including phenoxy) is 1. The molecule has 0 saturated carbocycles. The monoisotopic (exact) mass is 358 g/mol. The zero-order valence-electron chi connectivity index (χ0n) is 12.9. The minimum Gasteiger partial charge on any atom is -0.484 e. The average Bonchev–Trinajstić information content (AvgIpc) is 3.00. The highest BCUT2D eigenvalue weighted by Gasteiger charge is 2.19. The molecule has 122 valence electrons. The number of nitrogens with two attached hydrogens (primary N) is 1. The van der Waals surface area contributed by atoms with Gasteiger partial charge >= 0.3 is 0 Å². The fourth-order valence-corrected chi connectivity index (χ4v) is 3.59. The molecule has 3 rings (SSSR count). The van der Waals surface area contributed by atoms with Gasteiger partial charge in [-0.2, -0.15) is 0 Å². The maximum absolute atomic E-state index is 11.8. The van der Waals surface area contributed by atoms with E-state index in [1.165, 1.54) is 11.3 Å². The Hall–Kier alpha value is -2.37. The van der Waals surface area contributed by atoms with Crippen molar-refractivity contribution in [1.82, 2.24) is 4.98 Å². The van der Waals surface area contributed by atoms with Gasteiger partial charge in [-0.15, -0.1) is 11.3 Å². The van der Waals surface area contributed by atoms with E-state index in [2.05, 4.69) is 4.98 Å². The first-order valence-electron chi connectivity index (χ1n) is 7.31. The van der Waals surface area contributed by atoms with Crippen molar-refractivity contribution in [2.45, 2.75) is 13.0 Å². The summed E-state index contributed by atoms with van der Waals surface area (Å²) in [6, 6.07) is 13.0. The van der Waals surface area contributed by atoms with Crippen LogP contribution in [-0.2, 0) is 0 Å². The molecular weight excluding hydrogens is 344 g/mol. The van der Waals surface area contributed by atoms with Crippen molar-refractivity contribution < 1.29 is 9.53 Å². The normalized spacial score (nSPS) is 11.9. The van der Waals surface area contributed by atoms with Crippen molar-refractivity contribution in [3.63, 3.8) is 0 Å². The predicted octanol–water partition coefficient (Wildman–Crippen LogP) is 4.70. The Morgan fingerprint density at radius 3 is 2.62 bits per heavy atom. The molecule has 0 bridgehead atoms. The van der Waals surface area contributed by atoms with E-state index >= 15 is 0 Å². The molecule has 0 aliphatic carbocycles. The number of primary amides is 1. The lowest BCUT2D eigenvalue weighted by Gasteiger charge is -2.16. The number of carbonyl (C=O) groups excluding carboxylic acids is 1. The van der Waals surface area contributed by atoms with Crippen molar-refractivity contribution in [3.05, 3.63) is 70.3 Å². The first-order chi connectivity index (χ1) is 11.6. The van der Waals surface area contributed by atoms with E-state index in [1.807, 2.05) is 49.4 Å². The number of carbonyl (C=O) groups is 1. The van der Waals surface area contributed by atoms with Gasteiger partial charge < -0.3 is 10.5 Å². The number of amides is 1. The maximum atomic E-state index is 11.8. The number of hydrogen-bond donors (Lipinski definition) is 1. The summed E-state index contributed by atoms with van der Waals surface area (Å²) in [7, 11) is 0. The molecule has 2 aromatic heterocycles. The second kappa shape index (κ2) is 7.03. The topological polar surface area (TPSA) is 65.2 Å². The minimum atomic E-state index is -0.512. The Morgan fingerprint density at radius 1 is 1.25 bits per heavy atom.